The van der Waals surface area contributed by atoms with Crippen molar-refractivity contribution >= 4 is 29.2 Å². The Morgan fingerprint density at radius 3 is 2.70 bits per heavy atom. The summed E-state index contributed by atoms with van der Waals surface area (Å²) in [6.07, 6.45) is 0.0396. The molecule has 0 radical (unpaired) electrons. The summed E-state index contributed by atoms with van der Waals surface area (Å²) < 4.78 is 10.8. The van der Waals surface area contributed by atoms with Gasteiger partial charge in [0.1, 0.15) is 5.75 Å². The van der Waals surface area contributed by atoms with Crippen molar-refractivity contribution in [2.45, 2.75) is 27.2 Å². The molecule has 1 saturated heterocycles. The van der Waals surface area contributed by atoms with Crippen molar-refractivity contribution in [3.63, 3.8) is 0 Å². The molecular weight excluding hydrogens is 384 g/mol. The maximum atomic E-state index is 12.5. The number of carbonyl (C=O) groups is 3. The molecule has 2 aromatic carbocycles. The first kappa shape index (κ1) is 21.4. The van der Waals surface area contributed by atoms with Crippen LogP contribution in [0.1, 0.15) is 24.5 Å². The molecule has 7 heteroatoms. The van der Waals surface area contributed by atoms with Crippen molar-refractivity contribution in [2.24, 2.45) is 5.92 Å². The number of anilines is 2. The van der Waals surface area contributed by atoms with Crippen LogP contribution in [0.4, 0.5) is 11.4 Å². The zero-order valence-corrected chi connectivity index (χ0v) is 17.4. The number of amides is 2. The lowest BCUT2D eigenvalue weighted by Gasteiger charge is -2.20. The van der Waals surface area contributed by atoms with Crippen molar-refractivity contribution in [1.29, 1.82) is 0 Å². The number of esters is 1. The molecular formula is C23H26N2O5. The normalized spacial score (nSPS) is 15.8. The fraction of sp³-hybridized carbons (Fsp3) is 0.348. The second-order valence-electron chi connectivity index (χ2n) is 7.28. The highest BCUT2D eigenvalue weighted by Gasteiger charge is 2.37. The number of nitrogens with one attached hydrogen (secondary N) is 1. The van der Waals surface area contributed by atoms with Crippen LogP contribution in [0, 0.1) is 19.8 Å². The Balaban J connectivity index is 1.57. The molecule has 30 heavy (non-hydrogen) atoms. The number of hydrogen-bond acceptors (Lipinski definition) is 5. The fourth-order valence-electron chi connectivity index (χ4n) is 3.37. The third kappa shape index (κ3) is 4.97. The molecule has 1 heterocycles. The minimum Gasteiger partial charge on any atom is -0.492 e. The van der Waals surface area contributed by atoms with E-state index in [4.69, 9.17) is 9.47 Å². The Kier molecular flexibility index (Phi) is 6.72. The number of rotatable bonds is 7. The predicted molar refractivity (Wildman–Crippen MR) is 114 cm³/mol. The summed E-state index contributed by atoms with van der Waals surface area (Å²) in [7, 11) is 0. The standard InChI is InChI=1S/C23H26N2O5/c1-4-29-20-8-6-5-7-19(20)25-13-17(12-22(25)27)23(28)30-14-21(26)24-18-11-15(2)9-10-16(18)3/h5-11,17H,4,12-14H2,1-3H3,(H,24,26)/t17-/m0/s1. The van der Waals surface area contributed by atoms with E-state index in [1.165, 1.54) is 4.90 Å². The van der Waals surface area contributed by atoms with E-state index in [0.717, 1.165) is 11.1 Å². The molecule has 1 fully saturated rings. The summed E-state index contributed by atoms with van der Waals surface area (Å²) in [6.45, 7) is 5.96. The quantitative estimate of drug-likeness (QED) is 0.709. The van der Waals surface area contributed by atoms with Gasteiger partial charge in [0.05, 0.1) is 18.2 Å². The van der Waals surface area contributed by atoms with Crippen LogP contribution in [0.2, 0.25) is 0 Å². The van der Waals surface area contributed by atoms with Gasteiger partial charge in [-0.2, -0.15) is 0 Å². The minimum atomic E-state index is -0.624. The van der Waals surface area contributed by atoms with E-state index < -0.39 is 24.4 Å². The van der Waals surface area contributed by atoms with Gasteiger partial charge in [0.2, 0.25) is 5.91 Å². The summed E-state index contributed by atoms with van der Waals surface area (Å²) in [5.41, 5.74) is 3.26. The van der Waals surface area contributed by atoms with E-state index in [1.54, 1.807) is 12.1 Å². The van der Waals surface area contributed by atoms with Crippen LogP contribution < -0.4 is 15.0 Å². The molecule has 1 N–H and O–H groups in total. The molecule has 2 aromatic rings. The number of aryl methyl sites for hydroxylation is 2. The molecule has 1 atom stereocenters. The third-order valence-electron chi connectivity index (χ3n) is 4.93. The van der Waals surface area contributed by atoms with Crippen LogP contribution in [-0.4, -0.2) is 37.5 Å². The number of para-hydroxylation sites is 2. The summed E-state index contributed by atoms with van der Waals surface area (Å²) >= 11 is 0. The van der Waals surface area contributed by atoms with Crippen LogP contribution in [0.25, 0.3) is 0 Å². The highest BCUT2D eigenvalue weighted by atomic mass is 16.5. The molecule has 0 unspecified atom stereocenters. The van der Waals surface area contributed by atoms with E-state index in [0.29, 0.717) is 23.7 Å². The Labute approximate surface area is 176 Å². The molecule has 7 nitrogen and oxygen atoms in total. The summed E-state index contributed by atoms with van der Waals surface area (Å²) in [4.78, 5) is 38.6. The van der Waals surface area contributed by atoms with Crippen molar-refractivity contribution in [2.75, 3.05) is 30.0 Å². The molecule has 0 bridgehead atoms. The maximum Gasteiger partial charge on any atom is 0.311 e. The van der Waals surface area contributed by atoms with Crippen LogP contribution >= 0.6 is 0 Å². The van der Waals surface area contributed by atoms with Gasteiger partial charge >= 0.3 is 5.97 Å². The van der Waals surface area contributed by atoms with E-state index in [2.05, 4.69) is 5.32 Å². The second kappa shape index (κ2) is 9.43. The van der Waals surface area contributed by atoms with Gasteiger partial charge in [0.25, 0.3) is 5.91 Å². The van der Waals surface area contributed by atoms with E-state index in [1.807, 2.05) is 51.1 Å². The largest absolute Gasteiger partial charge is 0.492 e. The Hall–Kier alpha value is -3.35. The number of nitrogens with zero attached hydrogens (tertiary/aromatic N) is 1. The van der Waals surface area contributed by atoms with Crippen molar-refractivity contribution in [3.05, 3.63) is 53.6 Å². The first-order valence-corrected chi connectivity index (χ1v) is 9.95. The molecule has 0 aliphatic carbocycles. The van der Waals surface area contributed by atoms with E-state index in [9.17, 15) is 14.4 Å². The zero-order chi connectivity index (χ0) is 21.7. The molecule has 0 aromatic heterocycles. The predicted octanol–water partition coefficient (Wildman–Crippen LogP) is 3.24. The van der Waals surface area contributed by atoms with Crippen LogP contribution in [0.15, 0.2) is 42.5 Å². The van der Waals surface area contributed by atoms with E-state index in [-0.39, 0.29) is 18.9 Å². The Morgan fingerprint density at radius 2 is 1.93 bits per heavy atom. The van der Waals surface area contributed by atoms with Gasteiger partial charge in [-0.25, -0.2) is 0 Å². The molecule has 0 saturated carbocycles. The average molecular weight is 410 g/mol. The van der Waals surface area contributed by atoms with Crippen LogP contribution in [-0.2, 0) is 19.1 Å². The number of carbonyl (C=O) groups excluding carboxylic acids is 3. The number of benzene rings is 2. The highest BCUT2D eigenvalue weighted by molar-refractivity contribution is 6.01. The van der Waals surface area contributed by atoms with Crippen molar-refractivity contribution in [1.82, 2.24) is 0 Å². The van der Waals surface area contributed by atoms with Gasteiger partial charge in [-0.3, -0.25) is 14.4 Å². The number of hydrogen-bond donors (Lipinski definition) is 1. The maximum absolute atomic E-state index is 12.5. The van der Waals surface area contributed by atoms with Crippen LogP contribution in [0.3, 0.4) is 0 Å². The highest BCUT2D eigenvalue weighted by Crippen LogP contribution is 2.33. The Bertz CT molecular complexity index is 956. The smallest absolute Gasteiger partial charge is 0.311 e. The van der Waals surface area contributed by atoms with Gasteiger partial charge < -0.3 is 19.7 Å². The van der Waals surface area contributed by atoms with Crippen LogP contribution in [0.5, 0.6) is 5.75 Å². The average Bonchev–Trinajstić information content (AvgIpc) is 3.11. The molecule has 0 spiro atoms. The molecule has 1 aliphatic rings. The zero-order valence-electron chi connectivity index (χ0n) is 17.4. The van der Waals surface area contributed by atoms with Crippen molar-refractivity contribution in [3.8, 4) is 5.75 Å². The fourth-order valence-corrected chi connectivity index (χ4v) is 3.37. The lowest BCUT2D eigenvalue weighted by Crippen LogP contribution is -2.28. The van der Waals surface area contributed by atoms with Gasteiger partial charge in [0, 0.05) is 18.7 Å². The summed E-state index contributed by atoms with van der Waals surface area (Å²) in [5.74, 6) is -1.18. The topological polar surface area (TPSA) is 84.9 Å². The SMILES string of the molecule is CCOc1ccccc1N1C[C@@H](C(=O)OCC(=O)Nc2cc(C)ccc2C)CC1=O. The first-order valence-electron chi connectivity index (χ1n) is 9.95. The van der Waals surface area contributed by atoms with Gasteiger partial charge in [-0.1, -0.05) is 24.3 Å². The lowest BCUT2D eigenvalue weighted by molar-refractivity contribution is -0.151. The lowest BCUT2D eigenvalue weighted by atomic mass is 10.1. The summed E-state index contributed by atoms with van der Waals surface area (Å²) in [5, 5.41) is 2.75. The number of ether oxygens (including phenoxy) is 2. The molecule has 1 aliphatic heterocycles. The van der Waals surface area contributed by atoms with Gasteiger partial charge in [-0.05, 0) is 50.1 Å². The third-order valence-corrected chi connectivity index (χ3v) is 4.93. The van der Waals surface area contributed by atoms with Gasteiger partial charge in [0.15, 0.2) is 6.61 Å². The Morgan fingerprint density at radius 1 is 1.17 bits per heavy atom. The molecule has 158 valence electrons. The summed E-state index contributed by atoms with van der Waals surface area (Å²) in [6, 6.07) is 12.9. The second-order valence-corrected chi connectivity index (χ2v) is 7.28. The minimum absolute atomic E-state index is 0.0396. The van der Waals surface area contributed by atoms with E-state index >= 15 is 0 Å². The first-order chi connectivity index (χ1) is 14.4. The van der Waals surface area contributed by atoms with Crippen molar-refractivity contribution < 1.29 is 23.9 Å². The molecule has 2 amide bonds. The van der Waals surface area contributed by atoms with Gasteiger partial charge in [-0.15, -0.1) is 0 Å². The molecule has 3 rings (SSSR count). The monoisotopic (exact) mass is 410 g/mol.